The lowest BCUT2D eigenvalue weighted by Crippen LogP contribution is -2.49. The summed E-state index contributed by atoms with van der Waals surface area (Å²) in [6.45, 7) is 0.356. The zero-order chi connectivity index (χ0) is 17.4. The first-order valence-electron chi connectivity index (χ1n) is 7.59. The maximum atomic E-state index is 12.4. The molecule has 0 heterocycles. The van der Waals surface area contributed by atoms with E-state index in [0.717, 1.165) is 16.9 Å². The van der Waals surface area contributed by atoms with Crippen molar-refractivity contribution in [2.75, 3.05) is 7.11 Å². The Balaban J connectivity index is 1.97. The van der Waals surface area contributed by atoms with Gasteiger partial charge in [0, 0.05) is 13.0 Å². The molecule has 0 saturated heterocycles. The van der Waals surface area contributed by atoms with Crippen molar-refractivity contribution in [3.8, 4) is 5.75 Å². The Labute approximate surface area is 141 Å². The van der Waals surface area contributed by atoms with E-state index in [-0.39, 0.29) is 5.91 Å². The second-order valence-electron chi connectivity index (χ2n) is 5.32. The van der Waals surface area contributed by atoms with Gasteiger partial charge in [-0.2, -0.15) is 0 Å². The van der Waals surface area contributed by atoms with Crippen LogP contribution in [-0.4, -0.2) is 25.1 Å². The first-order valence-corrected chi connectivity index (χ1v) is 7.59. The Kier molecular flexibility index (Phi) is 6.19. The minimum absolute atomic E-state index is 0.284. The summed E-state index contributed by atoms with van der Waals surface area (Å²) in [5.41, 5.74) is 7.05. The van der Waals surface area contributed by atoms with E-state index in [9.17, 15) is 9.59 Å². The highest BCUT2D eigenvalue weighted by Gasteiger charge is 2.19. The molecule has 3 amide bonds. The molecule has 6 nitrogen and oxygen atoms in total. The van der Waals surface area contributed by atoms with Gasteiger partial charge in [0.25, 0.3) is 0 Å². The van der Waals surface area contributed by atoms with Crippen LogP contribution in [0.5, 0.6) is 5.75 Å². The summed E-state index contributed by atoms with van der Waals surface area (Å²) in [4.78, 5) is 23.5. The Morgan fingerprint density at radius 3 is 2.29 bits per heavy atom. The zero-order valence-corrected chi connectivity index (χ0v) is 13.5. The monoisotopic (exact) mass is 327 g/mol. The zero-order valence-electron chi connectivity index (χ0n) is 13.5. The molecule has 2 aromatic carbocycles. The van der Waals surface area contributed by atoms with Gasteiger partial charge in [0.1, 0.15) is 11.8 Å². The van der Waals surface area contributed by atoms with Crippen molar-refractivity contribution in [2.24, 2.45) is 5.73 Å². The standard InChI is InChI=1S/C18H21N3O3/c1-24-15-9-7-14(8-10-15)12-20-17(22)16(21-18(19)23)11-13-5-3-2-4-6-13/h2-10,16H,11-12H2,1H3,(H,20,22)(H3,19,21,23). The third-order valence-electron chi connectivity index (χ3n) is 3.54. The number of nitrogens with one attached hydrogen (secondary N) is 2. The van der Waals surface area contributed by atoms with Gasteiger partial charge in [0.05, 0.1) is 7.11 Å². The molecule has 0 aliphatic heterocycles. The van der Waals surface area contributed by atoms with Crippen LogP contribution in [0.4, 0.5) is 4.79 Å². The average molecular weight is 327 g/mol. The van der Waals surface area contributed by atoms with E-state index in [1.165, 1.54) is 0 Å². The predicted octanol–water partition coefficient (Wildman–Crippen LogP) is 1.59. The van der Waals surface area contributed by atoms with Crippen LogP contribution in [0.15, 0.2) is 54.6 Å². The summed E-state index contributed by atoms with van der Waals surface area (Å²) in [5, 5.41) is 5.30. The predicted molar refractivity (Wildman–Crippen MR) is 91.5 cm³/mol. The lowest BCUT2D eigenvalue weighted by Gasteiger charge is -2.17. The van der Waals surface area contributed by atoms with Crippen molar-refractivity contribution in [3.63, 3.8) is 0 Å². The van der Waals surface area contributed by atoms with E-state index in [0.29, 0.717) is 13.0 Å². The van der Waals surface area contributed by atoms with Gasteiger partial charge in [-0.1, -0.05) is 42.5 Å². The highest BCUT2D eigenvalue weighted by molar-refractivity contribution is 5.86. The van der Waals surface area contributed by atoms with Crippen molar-refractivity contribution >= 4 is 11.9 Å². The number of carbonyl (C=O) groups is 2. The molecule has 2 rings (SSSR count). The molecule has 0 aromatic heterocycles. The van der Waals surface area contributed by atoms with Crippen molar-refractivity contribution < 1.29 is 14.3 Å². The molecule has 0 radical (unpaired) electrons. The van der Waals surface area contributed by atoms with Gasteiger partial charge in [-0.25, -0.2) is 4.79 Å². The van der Waals surface area contributed by atoms with Crippen molar-refractivity contribution in [1.29, 1.82) is 0 Å². The van der Waals surface area contributed by atoms with E-state index in [4.69, 9.17) is 10.5 Å². The summed E-state index contributed by atoms with van der Waals surface area (Å²) in [7, 11) is 1.60. The number of rotatable bonds is 7. The van der Waals surface area contributed by atoms with E-state index >= 15 is 0 Å². The summed E-state index contributed by atoms with van der Waals surface area (Å²) in [6, 6.07) is 15.4. The number of nitrogens with two attached hydrogens (primary N) is 1. The van der Waals surface area contributed by atoms with Crippen LogP contribution >= 0.6 is 0 Å². The van der Waals surface area contributed by atoms with Crippen LogP contribution in [0, 0.1) is 0 Å². The average Bonchev–Trinajstić information content (AvgIpc) is 2.60. The summed E-state index contributed by atoms with van der Waals surface area (Å²) >= 11 is 0. The lowest BCUT2D eigenvalue weighted by molar-refractivity contribution is -0.123. The smallest absolute Gasteiger partial charge is 0.312 e. The maximum Gasteiger partial charge on any atom is 0.312 e. The first kappa shape index (κ1) is 17.3. The molecular formula is C18H21N3O3. The SMILES string of the molecule is COc1ccc(CNC(=O)C(Cc2ccccc2)NC(N)=O)cc1. The molecule has 1 atom stereocenters. The fourth-order valence-electron chi connectivity index (χ4n) is 2.29. The molecule has 24 heavy (non-hydrogen) atoms. The molecule has 2 aromatic rings. The molecule has 6 heteroatoms. The number of amides is 3. The van der Waals surface area contributed by atoms with Gasteiger partial charge in [0.2, 0.25) is 5.91 Å². The highest BCUT2D eigenvalue weighted by atomic mass is 16.5. The molecule has 126 valence electrons. The van der Waals surface area contributed by atoms with Gasteiger partial charge >= 0.3 is 6.03 Å². The summed E-state index contributed by atoms with van der Waals surface area (Å²) in [5.74, 6) is 0.468. The second kappa shape index (κ2) is 8.57. The number of hydrogen-bond donors (Lipinski definition) is 3. The van der Waals surface area contributed by atoms with E-state index in [1.54, 1.807) is 7.11 Å². The number of ether oxygens (including phenoxy) is 1. The quantitative estimate of drug-likeness (QED) is 0.721. The number of hydrogen-bond acceptors (Lipinski definition) is 3. The topological polar surface area (TPSA) is 93.4 Å². The number of carbonyl (C=O) groups excluding carboxylic acids is 2. The molecule has 4 N–H and O–H groups in total. The van der Waals surface area contributed by atoms with E-state index < -0.39 is 12.1 Å². The Morgan fingerprint density at radius 1 is 1.04 bits per heavy atom. The van der Waals surface area contributed by atoms with Gasteiger partial charge < -0.3 is 21.1 Å². The maximum absolute atomic E-state index is 12.4. The molecule has 0 aliphatic rings. The van der Waals surface area contributed by atoms with Gasteiger partial charge in [-0.15, -0.1) is 0 Å². The second-order valence-corrected chi connectivity index (χ2v) is 5.32. The lowest BCUT2D eigenvalue weighted by atomic mass is 10.1. The molecule has 0 saturated carbocycles. The van der Waals surface area contributed by atoms with Crippen LogP contribution in [-0.2, 0) is 17.8 Å². The fourth-order valence-corrected chi connectivity index (χ4v) is 2.29. The Morgan fingerprint density at radius 2 is 1.71 bits per heavy atom. The van der Waals surface area contributed by atoms with E-state index in [1.807, 2.05) is 54.6 Å². The normalized spacial score (nSPS) is 11.4. The molecule has 0 fully saturated rings. The largest absolute Gasteiger partial charge is 0.497 e. The molecular weight excluding hydrogens is 306 g/mol. The number of benzene rings is 2. The van der Waals surface area contributed by atoms with Gasteiger partial charge in [-0.05, 0) is 23.3 Å². The van der Waals surface area contributed by atoms with Crippen LogP contribution in [0.1, 0.15) is 11.1 Å². The van der Waals surface area contributed by atoms with Crippen molar-refractivity contribution in [2.45, 2.75) is 19.0 Å². The third kappa shape index (κ3) is 5.31. The molecule has 1 unspecified atom stereocenters. The van der Waals surface area contributed by atoms with Crippen molar-refractivity contribution in [1.82, 2.24) is 10.6 Å². The first-order chi connectivity index (χ1) is 11.6. The minimum atomic E-state index is -0.726. The molecule has 0 aliphatic carbocycles. The number of urea groups is 1. The third-order valence-corrected chi connectivity index (χ3v) is 3.54. The fraction of sp³-hybridized carbons (Fsp3) is 0.222. The van der Waals surface area contributed by atoms with Crippen molar-refractivity contribution in [3.05, 3.63) is 65.7 Å². The number of methoxy groups -OCH3 is 1. The van der Waals surface area contributed by atoms with Gasteiger partial charge in [-0.3, -0.25) is 4.79 Å². The summed E-state index contributed by atoms with van der Waals surface area (Å²) in [6.07, 6.45) is 0.373. The number of primary amides is 1. The van der Waals surface area contributed by atoms with E-state index in [2.05, 4.69) is 10.6 Å². The Hall–Kier alpha value is -3.02. The minimum Gasteiger partial charge on any atom is -0.497 e. The Bertz CT molecular complexity index is 672. The molecule has 0 bridgehead atoms. The van der Waals surface area contributed by atoms with Crippen LogP contribution in [0.25, 0.3) is 0 Å². The van der Waals surface area contributed by atoms with Crippen LogP contribution < -0.4 is 21.1 Å². The van der Waals surface area contributed by atoms with Crippen LogP contribution in [0.2, 0.25) is 0 Å². The molecule has 0 spiro atoms. The van der Waals surface area contributed by atoms with Gasteiger partial charge in [0.15, 0.2) is 0 Å². The van der Waals surface area contributed by atoms with Crippen LogP contribution in [0.3, 0.4) is 0 Å². The highest BCUT2D eigenvalue weighted by Crippen LogP contribution is 2.11. The summed E-state index contributed by atoms with van der Waals surface area (Å²) < 4.78 is 5.09.